The number of amides is 3. The maximum absolute atomic E-state index is 12.5. The first-order valence-corrected chi connectivity index (χ1v) is 10.4. The van der Waals surface area contributed by atoms with Gasteiger partial charge in [-0.2, -0.15) is 0 Å². The second kappa shape index (κ2) is 10.9. The van der Waals surface area contributed by atoms with E-state index in [-0.39, 0.29) is 17.4 Å². The van der Waals surface area contributed by atoms with E-state index < -0.39 is 11.8 Å². The Balaban J connectivity index is 1.58. The zero-order valence-electron chi connectivity index (χ0n) is 17.3. The fourth-order valence-electron chi connectivity index (χ4n) is 2.68. The van der Waals surface area contributed by atoms with Crippen LogP contribution in [0.3, 0.4) is 0 Å². The van der Waals surface area contributed by atoms with E-state index in [0.29, 0.717) is 27.6 Å². The highest BCUT2D eigenvalue weighted by Gasteiger charge is 2.15. The Morgan fingerprint density at radius 1 is 0.906 bits per heavy atom. The molecule has 32 heavy (non-hydrogen) atoms. The Morgan fingerprint density at radius 3 is 2.38 bits per heavy atom. The molecule has 3 rings (SSSR count). The van der Waals surface area contributed by atoms with Crippen molar-refractivity contribution in [2.75, 3.05) is 25.3 Å². The molecule has 0 aliphatic carbocycles. The fraction of sp³-hybridized carbons (Fsp3) is 0.136. The SMILES string of the molecule is COc1ccc(NC(=O)CSc2ccccc2C(=O)NNC(=O)c2ccco2)cc1OC. The van der Waals surface area contributed by atoms with E-state index in [1.807, 2.05) is 0 Å². The summed E-state index contributed by atoms with van der Waals surface area (Å²) in [6, 6.07) is 14.9. The third-order valence-electron chi connectivity index (χ3n) is 4.19. The van der Waals surface area contributed by atoms with E-state index in [9.17, 15) is 14.4 Å². The predicted molar refractivity (Wildman–Crippen MR) is 119 cm³/mol. The van der Waals surface area contributed by atoms with Crippen LogP contribution in [-0.4, -0.2) is 37.7 Å². The van der Waals surface area contributed by atoms with E-state index in [0.717, 1.165) is 0 Å². The average molecular weight is 455 g/mol. The molecule has 0 saturated carbocycles. The Morgan fingerprint density at radius 2 is 1.66 bits per heavy atom. The number of thioether (sulfide) groups is 1. The molecule has 9 nitrogen and oxygen atoms in total. The van der Waals surface area contributed by atoms with Crippen LogP contribution < -0.4 is 25.6 Å². The quantitative estimate of drug-likeness (QED) is 0.353. The van der Waals surface area contributed by atoms with Crippen molar-refractivity contribution in [3.8, 4) is 11.5 Å². The smallest absolute Gasteiger partial charge is 0.305 e. The van der Waals surface area contributed by atoms with Gasteiger partial charge in [-0.3, -0.25) is 25.2 Å². The number of carbonyl (C=O) groups excluding carboxylic acids is 3. The number of benzene rings is 2. The van der Waals surface area contributed by atoms with Gasteiger partial charge in [0.15, 0.2) is 17.3 Å². The van der Waals surface area contributed by atoms with Crippen molar-refractivity contribution in [3.05, 3.63) is 72.2 Å². The zero-order valence-corrected chi connectivity index (χ0v) is 18.2. The largest absolute Gasteiger partial charge is 0.493 e. The number of hydrogen-bond donors (Lipinski definition) is 3. The van der Waals surface area contributed by atoms with Gasteiger partial charge in [-0.05, 0) is 36.4 Å². The van der Waals surface area contributed by atoms with Crippen molar-refractivity contribution in [3.63, 3.8) is 0 Å². The molecule has 0 unspecified atom stereocenters. The Labute approximate surface area is 188 Å². The summed E-state index contributed by atoms with van der Waals surface area (Å²) in [5, 5.41) is 2.78. The van der Waals surface area contributed by atoms with E-state index in [4.69, 9.17) is 13.9 Å². The first-order chi connectivity index (χ1) is 15.5. The highest BCUT2D eigenvalue weighted by Crippen LogP contribution is 2.30. The van der Waals surface area contributed by atoms with Gasteiger partial charge < -0.3 is 19.2 Å². The van der Waals surface area contributed by atoms with Crippen molar-refractivity contribution in [2.45, 2.75) is 4.90 Å². The number of rotatable bonds is 8. The van der Waals surface area contributed by atoms with Gasteiger partial charge >= 0.3 is 5.91 Å². The highest BCUT2D eigenvalue weighted by atomic mass is 32.2. The second-order valence-corrected chi connectivity index (χ2v) is 7.31. The van der Waals surface area contributed by atoms with Gasteiger partial charge in [-0.1, -0.05) is 12.1 Å². The van der Waals surface area contributed by atoms with Crippen LogP contribution in [0.25, 0.3) is 0 Å². The molecule has 10 heteroatoms. The number of carbonyl (C=O) groups is 3. The topological polar surface area (TPSA) is 119 Å². The van der Waals surface area contributed by atoms with Crippen molar-refractivity contribution >= 4 is 35.2 Å². The van der Waals surface area contributed by atoms with Crippen LogP contribution in [0.1, 0.15) is 20.9 Å². The average Bonchev–Trinajstić information content (AvgIpc) is 3.36. The number of anilines is 1. The molecule has 3 aromatic rings. The second-order valence-electron chi connectivity index (χ2n) is 6.29. The third kappa shape index (κ3) is 5.82. The van der Waals surface area contributed by atoms with Crippen LogP contribution in [0.15, 0.2) is 70.2 Å². The number of hydrazine groups is 1. The van der Waals surface area contributed by atoms with Crippen LogP contribution in [0.4, 0.5) is 5.69 Å². The summed E-state index contributed by atoms with van der Waals surface area (Å²) in [7, 11) is 3.04. The Hall–Kier alpha value is -3.92. The molecular weight excluding hydrogens is 434 g/mol. The van der Waals surface area contributed by atoms with Crippen LogP contribution in [0, 0.1) is 0 Å². The fourth-order valence-corrected chi connectivity index (χ4v) is 3.53. The lowest BCUT2D eigenvalue weighted by molar-refractivity contribution is -0.113. The summed E-state index contributed by atoms with van der Waals surface area (Å²) in [6.45, 7) is 0. The van der Waals surface area contributed by atoms with E-state index in [2.05, 4.69) is 16.2 Å². The van der Waals surface area contributed by atoms with Crippen molar-refractivity contribution in [2.24, 2.45) is 0 Å². The molecule has 1 heterocycles. The minimum absolute atomic E-state index is 0.0669. The van der Waals surface area contributed by atoms with Crippen LogP contribution >= 0.6 is 11.8 Å². The van der Waals surface area contributed by atoms with Crippen LogP contribution in [-0.2, 0) is 4.79 Å². The zero-order chi connectivity index (χ0) is 22.9. The number of nitrogens with one attached hydrogen (secondary N) is 3. The van der Waals surface area contributed by atoms with Gasteiger partial charge in [0.05, 0.1) is 31.8 Å². The first kappa shape index (κ1) is 22.8. The number of methoxy groups -OCH3 is 2. The molecule has 0 fully saturated rings. The molecule has 0 aliphatic heterocycles. The normalized spacial score (nSPS) is 10.2. The molecule has 0 saturated heterocycles. The van der Waals surface area contributed by atoms with Crippen LogP contribution in [0.2, 0.25) is 0 Å². The molecule has 0 radical (unpaired) electrons. The lowest BCUT2D eigenvalue weighted by Gasteiger charge is -2.12. The van der Waals surface area contributed by atoms with E-state index >= 15 is 0 Å². The molecule has 1 aromatic heterocycles. The summed E-state index contributed by atoms with van der Waals surface area (Å²) in [5.74, 6) is -0.174. The Bertz CT molecular complexity index is 1100. The summed E-state index contributed by atoms with van der Waals surface area (Å²) in [6.07, 6.45) is 1.36. The van der Waals surface area contributed by atoms with Gasteiger partial charge in [0, 0.05) is 16.6 Å². The number of ether oxygens (including phenoxy) is 2. The number of hydrogen-bond acceptors (Lipinski definition) is 7. The van der Waals surface area contributed by atoms with E-state index in [1.165, 1.54) is 38.3 Å². The molecule has 0 aliphatic rings. The van der Waals surface area contributed by atoms with Gasteiger partial charge in [0.2, 0.25) is 5.91 Å². The Kier molecular flexibility index (Phi) is 7.76. The molecule has 0 spiro atoms. The maximum atomic E-state index is 12.5. The summed E-state index contributed by atoms with van der Waals surface area (Å²) in [5.41, 5.74) is 5.50. The van der Waals surface area contributed by atoms with Gasteiger partial charge in [0.25, 0.3) is 5.91 Å². The lowest BCUT2D eigenvalue weighted by Crippen LogP contribution is -2.41. The predicted octanol–water partition coefficient (Wildman–Crippen LogP) is 3.10. The first-order valence-electron chi connectivity index (χ1n) is 9.39. The maximum Gasteiger partial charge on any atom is 0.305 e. The molecule has 0 atom stereocenters. The summed E-state index contributed by atoms with van der Waals surface area (Å²) < 4.78 is 15.4. The molecule has 0 bridgehead atoms. The van der Waals surface area contributed by atoms with Crippen molar-refractivity contribution in [1.29, 1.82) is 0 Å². The van der Waals surface area contributed by atoms with Gasteiger partial charge in [0.1, 0.15) is 0 Å². The minimum atomic E-state index is -0.581. The van der Waals surface area contributed by atoms with Gasteiger partial charge in [-0.25, -0.2) is 0 Å². The molecule has 2 aromatic carbocycles. The standard InChI is InChI=1S/C22H21N3O6S/c1-29-16-10-9-14(12-18(16)30-2)23-20(26)13-32-19-8-4-3-6-15(19)21(27)24-25-22(28)17-7-5-11-31-17/h3-12H,13H2,1-2H3,(H,23,26)(H,24,27)(H,25,28). The van der Waals surface area contributed by atoms with Crippen molar-refractivity contribution in [1.82, 2.24) is 10.9 Å². The molecule has 3 N–H and O–H groups in total. The lowest BCUT2D eigenvalue weighted by atomic mass is 10.2. The summed E-state index contributed by atoms with van der Waals surface area (Å²) >= 11 is 1.19. The van der Waals surface area contributed by atoms with Crippen molar-refractivity contribution < 1.29 is 28.3 Å². The van der Waals surface area contributed by atoms with Crippen LogP contribution in [0.5, 0.6) is 11.5 Å². The minimum Gasteiger partial charge on any atom is -0.493 e. The highest BCUT2D eigenvalue weighted by molar-refractivity contribution is 8.00. The number of furan rings is 1. The molecular formula is C22H21N3O6S. The molecule has 166 valence electrons. The summed E-state index contributed by atoms with van der Waals surface area (Å²) in [4.78, 5) is 37.4. The monoisotopic (exact) mass is 455 g/mol. The molecule has 3 amide bonds. The van der Waals surface area contributed by atoms with Gasteiger partial charge in [-0.15, -0.1) is 11.8 Å². The third-order valence-corrected chi connectivity index (χ3v) is 5.27. The van der Waals surface area contributed by atoms with E-state index in [1.54, 1.807) is 48.5 Å².